The van der Waals surface area contributed by atoms with Gasteiger partial charge in [0.1, 0.15) is 6.61 Å². The molecule has 8 heteroatoms. The number of rotatable bonds is 5. The number of halogens is 4. The molecule has 1 unspecified atom stereocenters. The van der Waals surface area contributed by atoms with Crippen LogP contribution < -0.4 is 0 Å². The Labute approximate surface area is 104 Å². The zero-order valence-electron chi connectivity index (χ0n) is 9.71. The summed E-state index contributed by atoms with van der Waals surface area (Å²) in [5.41, 5.74) is -0.941. The molecule has 0 aromatic carbocycles. The highest BCUT2D eigenvalue weighted by molar-refractivity contribution is 7.88. The third kappa shape index (κ3) is 7.21. The lowest BCUT2D eigenvalue weighted by molar-refractivity contribution is -0.139. The van der Waals surface area contributed by atoms with Gasteiger partial charge in [-0.1, -0.05) is 6.08 Å². The van der Waals surface area contributed by atoms with Crippen LogP contribution >= 0.6 is 0 Å². The highest BCUT2D eigenvalue weighted by Gasteiger charge is 2.29. The quantitative estimate of drug-likeness (QED) is 0.444. The van der Waals surface area contributed by atoms with Crippen LogP contribution in [0.5, 0.6) is 0 Å². The summed E-state index contributed by atoms with van der Waals surface area (Å²) in [6, 6.07) is 0. The van der Waals surface area contributed by atoms with Crippen molar-refractivity contribution >= 4 is 16.8 Å². The highest BCUT2D eigenvalue weighted by atomic mass is 32.2. The fraction of sp³-hybridized carbons (Fsp3) is 0.500. The number of ether oxygens (including phenoxy) is 1. The van der Waals surface area contributed by atoms with Crippen LogP contribution in [0.15, 0.2) is 22.9 Å². The Morgan fingerprint density at radius 3 is 2.28 bits per heavy atom. The molecule has 0 aliphatic carbocycles. The Morgan fingerprint density at radius 2 is 1.83 bits per heavy atom. The standard InChI is InChI=1S/C10H12F4O3S/c1-7(10(12,13)14)4-6-18(16)9(11)3-5-17-8(2)15/h3-4H,5-6H2,1-2H3/b7-4-,9-3+. The Bertz CT molecular complexity index is 385. The molecule has 0 bridgehead atoms. The van der Waals surface area contributed by atoms with E-state index in [1.54, 1.807) is 0 Å². The fourth-order valence-electron chi connectivity index (χ4n) is 0.714. The van der Waals surface area contributed by atoms with Crippen molar-refractivity contribution in [3.05, 3.63) is 22.9 Å². The second-order valence-electron chi connectivity index (χ2n) is 3.21. The molecule has 0 spiro atoms. The molecule has 0 fully saturated rings. The summed E-state index contributed by atoms with van der Waals surface area (Å²) in [6.07, 6.45) is -3.12. The lowest BCUT2D eigenvalue weighted by Gasteiger charge is -2.05. The van der Waals surface area contributed by atoms with Crippen molar-refractivity contribution in [2.75, 3.05) is 12.4 Å². The molecule has 0 amide bonds. The van der Waals surface area contributed by atoms with Gasteiger partial charge in [0.2, 0.25) is 0 Å². The summed E-state index contributed by atoms with van der Waals surface area (Å²) in [5.74, 6) is -1.23. The smallest absolute Gasteiger partial charge is 0.412 e. The van der Waals surface area contributed by atoms with Crippen molar-refractivity contribution < 1.29 is 31.3 Å². The normalized spacial score (nSPS) is 15.4. The molecule has 0 rings (SSSR count). The first-order chi connectivity index (χ1) is 8.14. The zero-order chi connectivity index (χ0) is 14.3. The van der Waals surface area contributed by atoms with Crippen molar-refractivity contribution in [3.63, 3.8) is 0 Å². The van der Waals surface area contributed by atoms with E-state index in [0.717, 1.165) is 19.9 Å². The first kappa shape index (κ1) is 16.8. The van der Waals surface area contributed by atoms with Crippen molar-refractivity contribution in [1.29, 1.82) is 0 Å². The minimum Gasteiger partial charge on any atom is -0.462 e. The Morgan fingerprint density at radius 1 is 1.28 bits per heavy atom. The monoisotopic (exact) mass is 288 g/mol. The number of carbonyl (C=O) groups is 1. The molecule has 0 aromatic heterocycles. The molecule has 0 heterocycles. The summed E-state index contributed by atoms with van der Waals surface area (Å²) in [6.45, 7) is 1.50. The van der Waals surface area contributed by atoms with Crippen LogP contribution in [-0.2, 0) is 20.3 Å². The first-order valence-electron chi connectivity index (χ1n) is 4.76. The second kappa shape index (κ2) is 7.30. The lowest BCUT2D eigenvalue weighted by Crippen LogP contribution is -2.10. The van der Waals surface area contributed by atoms with Crippen LogP contribution in [-0.4, -0.2) is 28.7 Å². The van der Waals surface area contributed by atoms with Gasteiger partial charge in [-0.05, 0) is 13.0 Å². The molecule has 0 N–H and O–H groups in total. The Balaban J connectivity index is 4.37. The number of hydrogen-bond acceptors (Lipinski definition) is 3. The van der Waals surface area contributed by atoms with Crippen LogP contribution in [0, 0.1) is 0 Å². The molecule has 18 heavy (non-hydrogen) atoms. The third-order valence-electron chi connectivity index (χ3n) is 1.74. The largest absolute Gasteiger partial charge is 0.462 e. The maximum absolute atomic E-state index is 13.1. The van der Waals surface area contributed by atoms with Gasteiger partial charge in [0, 0.05) is 18.2 Å². The SMILES string of the molecule is CC(=O)OC/C=C(\F)S(=O)C/C=C(/C)C(F)(F)F. The Kier molecular flexibility index (Phi) is 6.82. The van der Waals surface area contributed by atoms with E-state index in [2.05, 4.69) is 4.74 Å². The molecular weight excluding hydrogens is 276 g/mol. The summed E-state index contributed by atoms with van der Waals surface area (Å²) in [7, 11) is -2.21. The van der Waals surface area contributed by atoms with Gasteiger partial charge in [0.05, 0.1) is 10.8 Å². The first-order valence-corrected chi connectivity index (χ1v) is 6.08. The molecule has 1 atom stereocenters. The van der Waals surface area contributed by atoms with E-state index >= 15 is 0 Å². The van der Waals surface area contributed by atoms with Crippen molar-refractivity contribution in [1.82, 2.24) is 0 Å². The molecule has 0 saturated carbocycles. The maximum atomic E-state index is 13.1. The van der Waals surface area contributed by atoms with Gasteiger partial charge in [0.15, 0.2) is 5.16 Å². The van der Waals surface area contributed by atoms with Gasteiger partial charge in [0.25, 0.3) is 0 Å². The van der Waals surface area contributed by atoms with Gasteiger partial charge in [-0.2, -0.15) is 17.6 Å². The molecule has 104 valence electrons. The summed E-state index contributed by atoms with van der Waals surface area (Å²) >= 11 is 0. The molecular formula is C10H12F4O3S. The summed E-state index contributed by atoms with van der Waals surface area (Å²) < 4.78 is 64.8. The van der Waals surface area contributed by atoms with E-state index in [1.165, 1.54) is 0 Å². The van der Waals surface area contributed by atoms with E-state index < -0.39 is 46.0 Å². The summed E-state index contributed by atoms with van der Waals surface area (Å²) in [5, 5.41) is -1.12. The number of hydrogen-bond donors (Lipinski definition) is 0. The molecule has 0 aliphatic rings. The number of allylic oxidation sites excluding steroid dienone is 1. The van der Waals surface area contributed by atoms with E-state index in [4.69, 9.17) is 0 Å². The average molecular weight is 288 g/mol. The van der Waals surface area contributed by atoms with Crippen molar-refractivity contribution in [2.24, 2.45) is 0 Å². The second-order valence-corrected chi connectivity index (χ2v) is 4.62. The predicted octanol–water partition coefficient (Wildman–Crippen LogP) is 2.62. The molecule has 0 radical (unpaired) electrons. The number of alkyl halides is 3. The minimum absolute atomic E-state index is 0.408. The topological polar surface area (TPSA) is 43.4 Å². The van der Waals surface area contributed by atoms with Crippen molar-refractivity contribution in [3.8, 4) is 0 Å². The van der Waals surface area contributed by atoms with Crippen molar-refractivity contribution in [2.45, 2.75) is 20.0 Å². The molecule has 0 aliphatic heterocycles. The van der Waals surface area contributed by atoms with Gasteiger partial charge < -0.3 is 4.74 Å². The van der Waals surface area contributed by atoms with Crippen LogP contribution in [0.4, 0.5) is 17.6 Å². The van der Waals surface area contributed by atoms with Gasteiger partial charge in [-0.25, -0.2) is 0 Å². The number of esters is 1. The molecule has 3 nitrogen and oxygen atoms in total. The molecule has 0 aromatic rings. The van der Waals surface area contributed by atoms with Gasteiger partial charge in [-0.15, -0.1) is 0 Å². The zero-order valence-corrected chi connectivity index (χ0v) is 10.5. The minimum atomic E-state index is -4.51. The van der Waals surface area contributed by atoms with Gasteiger partial charge >= 0.3 is 12.1 Å². The van der Waals surface area contributed by atoms with E-state index in [0.29, 0.717) is 6.08 Å². The van der Waals surface area contributed by atoms with E-state index in [-0.39, 0.29) is 0 Å². The summed E-state index contributed by atoms with van der Waals surface area (Å²) in [4.78, 5) is 10.3. The number of carbonyl (C=O) groups excluding carboxylic acids is 1. The van der Waals surface area contributed by atoms with Gasteiger partial charge in [-0.3, -0.25) is 9.00 Å². The average Bonchev–Trinajstić information content (AvgIpc) is 2.23. The fourth-order valence-corrected chi connectivity index (χ4v) is 1.53. The van der Waals surface area contributed by atoms with E-state index in [9.17, 15) is 26.6 Å². The third-order valence-corrected chi connectivity index (χ3v) is 2.81. The Hall–Kier alpha value is -1.18. The van der Waals surface area contributed by atoms with Crippen LogP contribution in [0.2, 0.25) is 0 Å². The highest BCUT2D eigenvalue weighted by Crippen LogP contribution is 2.24. The predicted molar refractivity (Wildman–Crippen MR) is 58.6 cm³/mol. The van der Waals surface area contributed by atoms with Crippen LogP contribution in [0.3, 0.4) is 0 Å². The lowest BCUT2D eigenvalue weighted by atomic mass is 10.3. The maximum Gasteiger partial charge on any atom is 0.412 e. The van der Waals surface area contributed by atoms with Crippen LogP contribution in [0.25, 0.3) is 0 Å². The van der Waals surface area contributed by atoms with E-state index in [1.807, 2.05) is 0 Å². The molecule has 0 saturated heterocycles. The van der Waals surface area contributed by atoms with Crippen LogP contribution in [0.1, 0.15) is 13.8 Å².